The van der Waals surface area contributed by atoms with Crippen molar-refractivity contribution >= 4 is 12.0 Å². The number of hydrogen-bond donors (Lipinski definition) is 2. The number of nitrogens with zero attached hydrogens (tertiary/aromatic N) is 1. The van der Waals surface area contributed by atoms with Gasteiger partial charge in [-0.2, -0.15) is 0 Å². The van der Waals surface area contributed by atoms with E-state index >= 15 is 0 Å². The first-order chi connectivity index (χ1) is 9.02. The van der Waals surface area contributed by atoms with E-state index in [1.54, 1.807) is 0 Å². The van der Waals surface area contributed by atoms with E-state index in [9.17, 15) is 9.59 Å². The molecule has 1 saturated carbocycles. The molecular weight excluding hydrogens is 244 g/mol. The maximum absolute atomic E-state index is 12.1. The lowest BCUT2D eigenvalue weighted by Gasteiger charge is -2.24. The quantitative estimate of drug-likeness (QED) is 0.676. The number of carboxylic acid groups (broad SMARTS) is 1. The molecule has 0 bridgehead atoms. The van der Waals surface area contributed by atoms with Gasteiger partial charge in [-0.15, -0.1) is 0 Å². The molecule has 1 fully saturated rings. The summed E-state index contributed by atoms with van der Waals surface area (Å²) in [7, 11) is 0. The minimum atomic E-state index is -0.778. The van der Waals surface area contributed by atoms with Crippen molar-refractivity contribution in [1.82, 2.24) is 10.2 Å². The number of aliphatic carboxylic acids is 1. The standard InChI is InChI=1S/C14H26N2O3/c1-3-9-16(10-12-7-8-12)14(19)15-11(2)5-4-6-13(17)18/h11-12H,3-10H2,1-2H3,(H,15,19)(H,17,18). The number of carbonyl (C=O) groups excluding carboxylic acids is 1. The Balaban J connectivity index is 2.26. The van der Waals surface area contributed by atoms with Gasteiger partial charge in [0.05, 0.1) is 0 Å². The lowest BCUT2D eigenvalue weighted by molar-refractivity contribution is -0.137. The molecule has 0 spiro atoms. The van der Waals surface area contributed by atoms with E-state index in [4.69, 9.17) is 5.11 Å². The average Bonchev–Trinajstić information content (AvgIpc) is 3.11. The number of hydrogen-bond acceptors (Lipinski definition) is 2. The summed E-state index contributed by atoms with van der Waals surface area (Å²) in [6.07, 6.45) is 4.92. The highest BCUT2D eigenvalue weighted by molar-refractivity contribution is 5.74. The fourth-order valence-corrected chi connectivity index (χ4v) is 2.09. The zero-order valence-corrected chi connectivity index (χ0v) is 12.0. The molecule has 0 aliphatic heterocycles. The van der Waals surface area contributed by atoms with Gasteiger partial charge in [-0.1, -0.05) is 6.92 Å². The summed E-state index contributed by atoms with van der Waals surface area (Å²) in [5, 5.41) is 11.5. The van der Waals surface area contributed by atoms with Crippen LogP contribution in [-0.2, 0) is 4.79 Å². The summed E-state index contributed by atoms with van der Waals surface area (Å²) < 4.78 is 0. The van der Waals surface area contributed by atoms with Crippen LogP contribution in [0.25, 0.3) is 0 Å². The summed E-state index contributed by atoms with van der Waals surface area (Å²) in [6, 6.07) is 0.0296. The molecule has 0 heterocycles. The van der Waals surface area contributed by atoms with Crippen LogP contribution in [0.2, 0.25) is 0 Å². The summed E-state index contributed by atoms with van der Waals surface area (Å²) >= 11 is 0. The molecule has 2 N–H and O–H groups in total. The molecule has 1 rings (SSSR count). The lowest BCUT2D eigenvalue weighted by Crippen LogP contribution is -2.45. The number of nitrogens with one attached hydrogen (secondary N) is 1. The van der Waals surface area contributed by atoms with E-state index in [1.807, 2.05) is 11.8 Å². The summed E-state index contributed by atoms with van der Waals surface area (Å²) in [6.45, 7) is 5.66. The highest BCUT2D eigenvalue weighted by atomic mass is 16.4. The minimum absolute atomic E-state index is 0.00317. The van der Waals surface area contributed by atoms with Crippen molar-refractivity contribution in [2.24, 2.45) is 5.92 Å². The van der Waals surface area contributed by atoms with Crippen molar-refractivity contribution in [3.63, 3.8) is 0 Å². The van der Waals surface area contributed by atoms with Crippen molar-refractivity contribution in [3.8, 4) is 0 Å². The van der Waals surface area contributed by atoms with Gasteiger partial charge in [0.15, 0.2) is 0 Å². The maximum Gasteiger partial charge on any atom is 0.317 e. The van der Waals surface area contributed by atoms with Gasteiger partial charge in [0, 0.05) is 25.6 Å². The SMILES string of the molecule is CCCN(CC1CC1)C(=O)NC(C)CCCC(=O)O. The highest BCUT2D eigenvalue weighted by Gasteiger charge is 2.26. The largest absolute Gasteiger partial charge is 0.481 e. The van der Waals surface area contributed by atoms with Crippen molar-refractivity contribution in [3.05, 3.63) is 0 Å². The fourth-order valence-electron chi connectivity index (χ4n) is 2.09. The monoisotopic (exact) mass is 270 g/mol. The normalized spacial score (nSPS) is 15.9. The van der Waals surface area contributed by atoms with E-state index in [1.165, 1.54) is 12.8 Å². The first-order valence-corrected chi connectivity index (χ1v) is 7.30. The Morgan fingerprint density at radius 1 is 1.42 bits per heavy atom. The van der Waals surface area contributed by atoms with Crippen LogP contribution in [-0.4, -0.2) is 41.1 Å². The van der Waals surface area contributed by atoms with Crippen LogP contribution in [0, 0.1) is 5.92 Å². The molecule has 0 radical (unpaired) electrons. The second kappa shape index (κ2) is 8.02. The van der Waals surface area contributed by atoms with E-state index in [0.717, 1.165) is 19.5 Å². The first kappa shape index (κ1) is 15.8. The molecule has 1 atom stereocenters. The zero-order valence-electron chi connectivity index (χ0n) is 12.0. The third-order valence-electron chi connectivity index (χ3n) is 3.35. The molecule has 0 saturated heterocycles. The second-order valence-corrected chi connectivity index (χ2v) is 5.53. The molecule has 2 amide bonds. The number of carbonyl (C=O) groups is 2. The molecule has 19 heavy (non-hydrogen) atoms. The van der Waals surface area contributed by atoms with Crippen LogP contribution in [0.4, 0.5) is 4.79 Å². The molecule has 5 heteroatoms. The fraction of sp³-hybridized carbons (Fsp3) is 0.857. The summed E-state index contributed by atoms with van der Waals surface area (Å²) in [4.78, 5) is 24.4. The van der Waals surface area contributed by atoms with Crippen LogP contribution in [0.5, 0.6) is 0 Å². The molecule has 5 nitrogen and oxygen atoms in total. The number of rotatable bonds is 9. The molecule has 0 aromatic rings. The van der Waals surface area contributed by atoms with E-state index in [-0.39, 0.29) is 18.5 Å². The Morgan fingerprint density at radius 3 is 2.63 bits per heavy atom. The van der Waals surface area contributed by atoms with Gasteiger partial charge in [-0.05, 0) is 44.9 Å². The van der Waals surface area contributed by atoms with Gasteiger partial charge in [0.25, 0.3) is 0 Å². The molecule has 0 aromatic carbocycles. The van der Waals surface area contributed by atoms with Gasteiger partial charge in [-0.25, -0.2) is 4.79 Å². The molecule has 0 aromatic heterocycles. The van der Waals surface area contributed by atoms with Crippen LogP contribution in [0.3, 0.4) is 0 Å². The minimum Gasteiger partial charge on any atom is -0.481 e. The Hall–Kier alpha value is -1.26. The second-order valence-electron chi connectivity index (χ2n) is 5.53. The molecular formula is C14H26N2O3. The Labute approximate surface area is 115 Å². The van der Waals surface area contributed by atoms with Gasteiger partial charge in [-0.3, -0.25) is 4.79 Å². The molecule has 1 unspecified atom stereocenters. The lowest BCUT2D eigenvalue weighted by atomic mass is 10.1. The summed E-state index contributed by atoms with van der Waals surface area (Å²) in [5.74, 6) is -0.0838. The smallest absolute Gasteiger partial charge is 0.317 e. The van der Waals surface area contributed by atoms with Crippen molar-refractivity contribution < 1.29 is 14.7 Å². The number of carboxylic acids is 1. The van der Waals surface area contributed by atoms with Crippen LogP contribution in [0.15, 0.2) is 0 Å². The Kier molecular flexibility index (Phi) is 6.67. The topological polar surface area (TPSA) is 69.6 Å². The highest BCUT2D eigenvalue weighted by Crippen LogP contribution is 2.29. The predicted molar refractivity (Wildman–Crippen MR) is 74.1 cm³/mol. The van der Waals surface area contributed by atoms with Crippen molar-refractivity contribution in [1.29, 1.82) is 0 Å². The summed E-state index contributed by atoms with van der Waals surface area (Å²) in [5.41, 5.74) is 0. The molecule has 1 aliphatic carbocycles. The van der Waals surface area contributed by atoms with Crippen LogP contribution in [0.1, 0.15) is 52.4 Å². The van der Waals surface area contributed by atoms with E-state index in [0.29, 0.717) is 18.8 Å². The van der Waals surface area contributed by atoms with Gasteiger partial charge < -0.3 is 15.3 Å². The van der Waals surface area contributed by atoms with Crippen molar-refractivity contribution in [2.75, 3.05) is 13.1 Å². The van der Waals surface area contributed by atoms with Gasteiger partial charge >= 0.3 is 12.0 Å². The number of urea groups is 1. The molecule has 1 aliphatic rings. The van der Waals surface area contributed by atoms with Gasteiger partial charge in [0.1, 0.15) is 0 Å². The van der Waals surface area contributed by atoms with Gasteiger partial charge in [0.2, 0.25) is 0 Å². The predicted octanol–water partition coefficient (Wildman–Crippen LogP) is 2.46. The third-order valence-corrected chi connectivity index (χ3v) is 3.35. The Morgan fingerprint density at radius 2 is 2.11 bits per heavy atom. The van der Waals surface area contributed by atoms with E-state index in [2.05, 4.69) is 12.2 Å². The van der Waals surface area contributed by atoms with Crippen molar-refractivity contribution in [2.45, 2.75) is 58.4 Å². The third kappa shape index (κ3) is 7.03. The molecule has 110 valence electrons. The maximum atomic E-state index is 12.1. The zero-order chi connectivity index (χ0) is 14.3. The average molecular weight is 270 g/mol. The number of amides is 2. The van der Waals surface area contributed by atoms with Crippen LogP contribution >= 0.6 is 0 Å². The first-order valence-electron chi connectivity index (χ1n) is 7.30. The van der Waals surface area contributed by atoms with E-state index < -0.39 is 5.97 Å². The van der Waals surface area contributed by atoms with Crippen LogP contribution < -0.4 is 5.32 Å². The Bertz CT molecular complexity index is 303.